The highest BCUT2D eigenvalue weighted by Crippen LogP contribution is 2.32. The minimum absolute atomic E-state index is 0.214. The van der Waals surface area contributed by atoms with E-state index in [1.807, 2.05) is 0 Å². The minimum atomic E-state index is -0.231. The van der Waals surface area contributed by atoms with Gasteiger partial charge in [-0.05, 0) is 85.7 Å². The van der Waals surface area contributed by atoms with Crippen molar-refractivity contribution in [3.63, 3.8) is 0 Å². The Kier molecular flexibility index (Phi) is 3.96. The number of hydrogen-bond acceptors (Lipinski definition) is 1. The van der Waals surface area contributed by atoms with E-state index in [4.69, 9.17) is 5.73 Å². The zero-order valence-electron chi connectivity index (χ0n) is 12.8. The van der Waals surface area contributed by atoms with Gasteiger partial charge in [-0.15, -0.1) is 0 Å². The van der Waals surface area contributed by atoms with Gasteiger partial charge in [-0.3, -0.25) is 0 Å². The number of halogens is 1. The van der Waals surface area contributed by atoms with Crippen LogP contribution >= 0.6 is 0 Å². The molecule has 0 bridgehead atoms. The van der Waals surface area contributed by atoms with Crippen LogP contribution in [0.1, 0.15) is 45.0 Å². The Morgan fingerprint density at radius 3 is 1.60 bits per heavy atom. The van der Waals surface area contributed by atoms with Crippen molar-refractivity contribution in [3.8, 4) is 0 Å². The Labute approximate surface area is 120 Å². The smallest absolute Gasteiger partial charge is 0.123 e. The van der Waals surface area contributed by atoms with E-state index in [1.54, 1.807) is 12.1 Å². The SMILES string of the molecule is Cc1c(C)c(C)c(C(N)c2ccc(F)cc2)c(C)c1C. The van der Waals surface area contributed by atoms with Gasteiger partial charge in [0.25, 0.3) is 0 Å². The quantitative estimate of drug-likeness (QED) is 0.860. The summed E-state index contributed by atoms with van der Waals surface area (Å²) in [6.45, 7) is 10.7. The fourth-order valence-electron chi connectivity index (χ4n) is 2.83. The first-order valence-corrected chi connectivity index (χ1v) is 6.92. The molecule has 2 aromatic carbocycles. The molecular formula is C18H22FN. The second-order valence-corrected chi connectivity index (χ2v) is 5.57. The van der Waals surface area contributed by atoms with E-state index in [0.717, 1.165) is 11.1 Å². The van der Waals surface area contributed by atoms with Crippen LogP contribution in [0.5, 0.6) is 0 Å². The van der Waals surface area contributed by atoms with Crippen molar-refractivity contribution in [2.75, 3.05) is 0 Å². The van der Waals surface area contributed by atoms with Gasteiger partial charge in [0.1, 0.15) is 5.82 Å². The average molecular weight is 271 g/mol. The topological polar surface area (TPSA) is 26.0 Å². The number of hydrogen-bond donors (Lipinski definition) is 1. The van der Waals surface area contributed by atoms with Gasteiger partial charge in [-0.1, -0.05) is 12.1 Å². The first kappa shape index (κ1) is 14.7. The Morgan fingerprint density at radius 1 is 0.750 bits per heavy atom. The molecule has 2 aromatic rings. The summed E-state index contributed by atoms with van der Waals surface area (Å²) in [5, 5.41) is 0. The van der Waals surface area contributed by atoms with Crippen LogP contribution in [0.25, 0.3) is 0 Å². The molecule has 0 saturated carbocycles. The molecule has 0 aromatic heterocycles. The third kappa shape index (κ3) is 2.36. The van der Waals surface area contributed by atoms with E-state index in [1.165, 1.54) is 39.9 Å². The number of benzene rings is 2. The van der Waals surface area contributed by atoms with Crippen LogP contribution in [0, 0.1) is 40.4 Å². The third-order valence-corrected chi connectivity index (χ3v) is 4.60. The van der Waals surface area contributed by atoms with Gasteiger partial charge >= 0.3 is 0 Å². The molecule has 20 heavy (non-hydrogen) atoms. The fourth-order valence-corrected chi connectivity index (χ4v) is 2.83. The molecule has 2 heteroatoms. The van der Waals surface area contributed by atoms with E-state index >= 15 is 0 Å². The summed E-state index contributed by atoms with van der Waals surface area (Å²) in [5.41, 5.74) is 14.9. The zero-order valence-corrected chi connectivity index (χ0v) is 12.8. The Hall–Kier alpha value is -1.67. The summed E-state index contributed by atoms with van der Waals surface area (Å²) in [7, 11) is 0. The van der Waals surface area contributed by atoms with E-state index in [9.17, 15) is 4.39 Å². The molecule has 1 atom stereocenters. The van der Waals surface area contributed by atoms with Gasteiger partial charge in [0.15, 0.2) is 0 Å². The van der Waals surface area contributed by atoms with Gasteiger partial charge in [-0.2, -0.15) is 0 Å². The minimum Gasteiger partial charge on any atom is -0.320 e. The maximum atomic E-state index is 13.1. The molecule has 1 unspecified atom stereocenters. The predicted octanol–water partition coefficient (Wildman–Crippen LogP) is 4.42. The molecule has 0 saturated heterocycles. The normalized spacial score (nSPS) is 12.6. The molecule has 1 nitrogen and oxygen atoms in total. The lowest BCUT2D eigenvalue weighted by Gasteiger charge is -2.23. The summed E-state index contributed by atoms with van der Waals surface area (Å²) in [5.74, 6) is -0.231. The molecule has 0 radical (unpaired) electrons. The lowest BCUT2D eigenvalue weighted by atomic mass is 9.84. The summed E-state index contributed by atoms with van der Waals surface area (Å²) in [6, 6.07) is 6.25. The molecule has 0 fully saturated rings. The van der Waals surface area contributed by atoms with Gasteiger partial charge in [0.2, 0.25) is 0 Å². The summed E-state index contributed by atoms with van der Waals surface area (Å²) >= 11 is 0. The van der Waals surface area contributed by atoms with Crippen molar-refractivity contribution in [3.05, 3.63) is 69.0 Å². The number of nitrogens with two attached hydrogens (primary N) is 1. The third-order valence-electron chi connectivity index (χ3n) is 4.60. The number of rotatable bonds is 2. The molecule has 0 aliphatic rings. The standard InChI is InChI=1S/C18H22FN/c1-10-11(2)13(4)17(14(5)12(10)3)18(20)15-6-8-16(19)9-7-15/h6-9,18H,20H2,1-5H3. The van der Waals surface area contributed by atoms with E-state index in [0.29, 0.717) is 0 Å². The summed E-state index contributed by atoms with van der Waals surface area (Å²) < 4.78 is 13.1. The molecular weight excluding hydrogens is 249 g/mol. The van der Waals surface area contributed by atoms with Crippen molar-refractivity contribution < 1.29 is 4.39 Å². The van der Waals surface area contributed by atoms with Gasteiger partial charge in [0.05, 0.1) is 6.04 Å². The second kappa shape index (κ2) is 5.37. The Bertz CT molecular complexity index is 612. The van der Waals surface area contributed by atoms with Crippen LogP contribution in [0.2, 0.25) is 0 Å². The molecule has 0 aliphatic carbocycles. The average Bonchev–Trinajstić information content (AvgIpc) is 2.44. The van der Waals surface area contributed by atoms with Gasteiger partial charge in [-0.25, -0.2) is 4.39 Å². The van der Waals surface area contributed by atoms with Crippen LogP contribution in [-0.4, -0.2) is 0 Å². The maximum Gasteiger partial charge on any atom is 0.123 e. The van der Waals surface area contributed by atoms with E-state index < -0.39 is 0 Å². The largest absolute Gasteiger partial charge is 0.320 e. The van der Waals surface area contributed by atoms with E-state index in [2.05, 4.69) is 34.6 Å². The first-order valence-electron chi connectivity index (χ1n) is 6.92. The molecule has 0 amide bonds. The Morgan fingerprint density at radius 2 is 1.15 bits per heavy atom. The molecule has 2 rings (SSSR count). The van der Waals surface area contributed by atoms with Crippen LogP contribution in [0.4, 0.5) is 4.39 Å². The maximum absolute atomic E-state index is 13.1. The highest BCUT2D eigenvalue weighted by atomic mass is 19.1. The Balaban J connectivity index is 2.60. The van der Waals surface area contributed by atoms with Gasteiger partial charge in [0, 0.05) is 0 Å². The van der Waals surface area contributed by atoms with Crippen LogP contribution in [-0.2, 0) is 0 Å². The highest BCUT2D eigenvalue weighted by molar-refractivity contribution is 5.52. The molecule has 0 aliphatic heterocycles. The molecule has 2 N–H and O–H groups in total. The van der Waals surface area contributed by atoms with Crippen LogP contribution in [0.3, 0.4) is 0 Å². The van der Waals surface area contributed by atoms with Crippen LogP contribution in [0.15, 0.2) is 24.3 Å². The lowest BCUT2D eigenvalue weighted by molar-refractivity contribution is 0.626. The zero-order chi connectivity index (χ0) is 15.0. The van der Waals surface area contributed by atoms with Crippen molar-refractivity contribution in [1.82, 2.24) is 0 Å². The molecule has 106 valence electrons. The van der Waals surface area contributed by atoms with Crippen LogP contribution < -0.4 is 5.73 Å². The predicted molar refractivity (Wildman–Crippen MR) is 82.6 cm³/mol. The van der Waals surface area contributed by atoms with Crippen molar-refractivity contribution >= 4 is 0 Å². The summed E-state index contributed by atoms with van der Waals surface area (Å²) in [4.78, 5) is 0. The van der Waals surface area contributed by atoms with E-state index in [-0.39, 0.29) is 11.9 Å². The monoisotopic (exact) mass is 271 g/mol. The highest BCUT2D eigenvalue weighted by Gasteiger charge is 2.18. The lowest BCUT2D eigenvalue weighted by Crippen LogP contribution is -2.17. The van der Waals surface area contributed by atoms with Crippen molar-refractivity contribution in [1.29, 1.82) is 0 Å². The van der Waals surface area contributed by atoms with Crippen molar-refractivity contribution in [2.24, 2.45) is 5.73 Å². The first-order chi connectivity index (χ1) is 9.34. The fraction of sp³-hybridized carbons (Fsp3) is 0.333. The summed E-state index contributed by atoms with van der Waals surface area (Å²) in [6.07, 6.45) is 0. The van der Waals surface area contributed by atoms with Gasteiger partial charge < -0.3 is 5.73 Å². The molecule has 0 spiro atoms. The van der Waals surface area contributed by atoms with Crippen molar-refractivity contribution in [2.45, 2.75) is 40.7 Å². The second-order valence-electron chi connectivity index (χ2n) is 5.57. The molecule has 0 heterocycles.